The van der Waals surface area contributed by atoms with Crippen LogP contribution in [0.15, 0.2) is 23.2 Å². The maximum Gasteiger partial charge on any atom is 0.308 e. The predicted octanol–water partition coefficient (Wildman–Crippen LogP) is 2.94. The molecule has 1 aliphatic rings. The molecule has 0 saturated carbocycles. The summed E-state index contributed by atoms with van der Waals surface area (Å²) >= 11 is 0. The van der Waals surface area contributed by atoms with Crippen LogP contribution in [0.25, 0.3) is 0 Å². The number of methoxy groups -OCH3 is 2. The van der Waals surface area contributed by atoms with E-state index in [-0.39, 0.29) is 48.3 Å². The summed E-state index contributed by atoms with van der Waals surface area (Å²) in [5.41, 5.74) is 1.46. The van der Waals surface area contributed by atoms with Crippen molar-refractivity contribution in [2.24, 2.45) is 10.9 Å². The average molecular weight is 493 g/mol. The first-order chi connectivity index (χ1) is 12.6. The van der Waals surface area contributed by atoms with Crippen molar-refractivity contribution in [1.82, 2.24) is 10.2 Å². The van der Waals surface area contributed by atoms with E-state index in [1.807, 2.05) is 6.92 Å². The zero-order chi connectivity index (χ0) is 18.9. The molecule has 6 nitrogen and oxygen atoms in total. The Morgan fingerprint density at radius 1 is 1.33 bits per heavy atom. The van der Waals surface area contributed by atoms with Crippen molar-refractivity contribution in [3.05, 3.63) is 35.1 Å². The van der Waals surface area contributed by atoms with Crippen LogP contribution < -0.4 is 5.32 Å². The van der Waals surface area contributed by atoms with Crippen LogP contribution in [0.1, 0.15) is 30.9 Å². The van der Waals surface area contributed by atoms with Crippen molar-refractivity contribution in [2.45, 2.75) is 32.9 Å². The second-order valence-corrected chi connectivity index (χ2v) is 6.31. The minimum Gasteiger partial charge on any atom is -0.469 e. The molecule has 1 aromatic rings. The molecule has 1 N–H and O–H groups in total. The highest BCUT2D eigenvalue weighted by molar-refractivity contribution is 14.0. The highest BCUT2D eigenvalue weighted by atomic mass is 127. The number of rotatable bonds is 6. The number of ether oxygens (including phenoxy) is 2. The zero-order valence-electron chi connectivity index (χ0n) is 16.2. The SMILES string of the molecule is CCNC(=NCc1ccc(F)c(COC)c1)N1CCC(C(=O)OC)CC1.I. The number of esters is 1. The van der Waals surface area contributed by atoms with Gasteiger partial charge < -0.3 is 19.7 Å². The van der Waals surface area contributed by atoms with Crippen LogP contribution in [0, 0.1) is 11.7 Å². The Morgan fingerprint density at radius 3 is 2.63 bits per heavy atom. The van der Waals surface area contributed by atoms with Gasteiger partial charge in [-0.2, -0.15) is 0 Å². The summed E-state index contributed by atoms with van der Waals surface area (Å²) in [6.07, 6.45) is 1.51. The summed E-state index contributed by atoms with van der Waals surface area (Å²) in [5.74, 6) is 0.376. The Bertz CT molecular complexity index is 635. The minimum absolute atomic E-state index is 0. The molecular weight excluding hydrogens is 464 g/mol. The van der Waals surface area contributed by atoms with Crippen molar-refractivity contribution in [3.63, 3.8) is 0 Å². The molecule has 0 unspecified atom stereocenters. The van der Waals surface area contributed by atoms with Crippen LogP contribution in [-0.4, -0.2) is 50.7 Å². The molecule has 1 fully saturated rings. The van der Waals surface area contributed by atoms with Gasteiger partial charge in [0.15, 0.2) is 5.96 Å². The minimum atomic E-state index is -0.267. The third kappa shape index (κ3) is 6.91. The number of carbonyl (C=O) groups is 1. The van der Waals surface area contributed by atoms with E-state index in [1.54, 1.807) is 19.2 Å². The third-order valence-corrected chi connectivity index (χ3v) is 4.49. The van der Waals surface area contributed by atoms with Crippen molar-refractivity contribution in [3.8, 4) is 0 Å². The Balaban J connectivity index is 0.00000364. The number of piperidine rings is 1. The molecule has 152 valence electrons. The lowest BCUT2D eigenvalue weighted by atomic mass is 9.97. The van der Waals surface area contributed by atoms with Gasteiger partial charge in [-0.15, -0.1) is 24.0 Å². The average Bonchev–Trinajstić information content (AvgIpc) is 2.67. The van der Waals surface area contributed by atoms with Crippen molar-refractivity contribution in [2.75, 3.05) is 33.9 Å². The number of guanidine groups is 1. The van der Waals surface area contributed by atoms with Gasteiger partial charge in [-0.05, 0) is 37.5 Å². The molecule has 0 bridgehead atoms. The van der Waals surface area contributed by atoms with Gasteiger partial charge in [-0.1, -0.05) is 6.07 Å². The first-order valence-electron chi connectivity index (χ1n) is 8.96. The second kappa shape index (κ2) is 12.1. The Hall–Kier alpha value is -1.42. The smallest absolute Gasteiger partial charge is 0.308 e. The van der Waals surface area contributed by atoms with Crippen LogP contribution in [0.5, 0.6) is 0 Å². The molecule has 2 rings (SSSR count). The maximum atomic E-state index is 13.7. The zero-order valence-corrected chi connectivity index (χ0v) is 18.5. The number of hydrogen-bond donors (Lipinski definition) is 1. The number of hydrogen-bond acceptors (Lipinski definition) is 4. The summed E-state index contributed by atoms with van der Waals surface area (Å²) in [6, 6.07) is 4.98. The van der Waals surface area contributed by atoms with Gasteiger partial charge in [0, 0.05) is 32.3 Å². The van der Waals surface area contributed by atoms with Crippen molar-refractivity contribution < 1.29 is 18.7 Å². The Labute approximate surface area is 177 Å². The van der Waals surface area contributed by atoms with Gasteiger partial charge in [0.05, 0.1) is 26.2 Å². The maximum absolute atomic E-state index is 13.7. The van der Waals surface area contributed by atoms with Gasteiger partial charge in [0.1, 0.15) is 5.82 Å². The number of benzene rings is 1. The lowest BCUT2D eigenvalue weighted by Gasteiger charge is -2.33. The highest BCUT2D eigenvalue weighted by Crippen LogP contribution is 2.19. The summed E-state index contributed by atoms with van der Waals surface area (Å²) in [7, 11) is 2.98. The van der Waals surface area contributed by atoms with E-state index in [0.29, 0.717) is 12.1 Å². The largest absolute Gasteiger partial charge is 0.469 e. The summed E-state index contributed by atoms with van der Waals surface area (Å²) in [4.78, 5) is 18.5. The van der Waals surface area contributed by atoms with Crippen LogP contribution in [0.2, 0.25) is 0 Å². The van der Waals surface area contributed by atoms with Crippen molar-refractivity contribution >= 4 is 35.9 Å². The predicted molar refractivity (Wildman–Crippen MR) is 114 cm³/mol. The van der Waals surface area contributed by atoms with Gasteiger partial charge in [-0.25, -0.2) is 9.38 Å². The van der Waals surface area contributed by atoms with Gasteiger partial charge >= 0.3 is 5.97 Å². The molecule has 1 heterocycles. The van der Waals surface area contributed by atoms with E-state index >= 15 is 0 Å². The summed E-state index contributed by atoms with van der Waals surface area (Å²) in [5, 5.41) is 3.29. The van der Waals surface area contributed by atoms with Gasteiger partial charge in [-0.3, -0.25) is 4.79 Å². The van der Waals surface area contributed by atoms with E-state index < -0.39 is 0 Å². The molecule has 8 heteroatoms. The monoisotopic (exact) mass is 493 g/mol. The van der Waals surface area contributed by atoms with Crippen LogP contribution in [0.4, 0.5) is 4.39 Å². The van der Waals surface area contributed by atoms with Crippen LogP contribution >= 0.6 is 24.0 Å². The van der Waals surface area contributed by atoms with E-state index in [0.717, 1.165) is 44.0 Å². The molecule has 0 aromatic heterocycles. The van der Waals surface area contributed by atoms with Crippen LogP contribution in [0.3, 0.4) is 0 Å². The molecule has 0 atom stereocenters. The number of nitrogens with zero attached hydrogens (tertiary/aromatic N) is 2. The fourth-order valence-electron chi connectivity index (χ4n) is 3.08. The third-order valence-electron chi connectivity index (χ3n) is 4.49. The number of likely N-dealkylation sites (tertiary alicyclic amines) is 1. The molecule has 1 aromatic carbocycles. The lowest BCUT2D eigenvalue weighted by Crippen LogP contribution is -2.46. The topological polar surface area (TPSA) is 63.2 Å². The molecule has 1 aliphatic heterocycles. The van der Waals surface area contributed by atoms with E-state index in [1.165, 1.54) is 13.2 Å². The van der Waals surface area contributed by atoms with Gasteiger partial charge in [0.25, 0.3) is 0 Å². The Morgan fingerprint density at radius 2 is 2.04 bits per heavy atom. The number of carbonyl (C=O) groups excluding carboxylic acids is 1. The molecular formula is C19H29FIN3O3. The molecule has 0 spiro atoms. The molecule has 0 aliphatic carbocycles. The molecule has 0 amide bonds. The normalized spacial score (nSPS) is 15.3. The highest BCUT2D eigenvalue weighted by Gasteiger charge is 2.26. The van der Waals surface area contributed by atoms with Gasteiger partial charge in [0.2, 0.25) is 0 Å². The number of aliphatic imine (C=N–C) groups is 1. The molecule has 1 saturated heterocycles. The first-order valence-corrected chi connectivity index (χ1v) is 8.96. The van der Waals surface area contributed by atoms with E-state index in [4.69, 9.17) is 9.47 Å². The second-order valence-electron chi connectivity index (χ2n) is 6.31. The number of halogens is 2. The fourth-order valence-corrected chi connectivity index (χ4v) is 3.08. The number of nitrogens with one attached hydrogen (secondary N) is 1. The first kappa shape index (κ1) is 23.6. The standard InChI is InChI=1S/C19H28FN3O3.HI/c1-4-21-19(23-9-7-15(8-10-23)18(24)26-3)22-12-14-5-6-17(20)16(11-14)13-25-2;/h5-6,11,15H,4,7-10,12-13H2,1-3H3,(H,21,22);1H. The lowest BCUT2D eigenvalue weighted by molar-refractivity contribution is -0.146. The van der Waals surface area contributed by atoms with Crippen molar-refractivity contribution in [1.29, 1.82) is 0 Å². The summed E-state index contributed by atoms with van der Waals surface area (Å²) in [6.45, 7) is 4.98. The quantitative estimate of drug-likeness (QED) is 0.286. The molecule has 0 radical (unpaired) electrons. The van der Waals surface area contributed by atoms with E-state index in [2.05, 4.69) is 15.2 Å². The van der Waals surface area contributed by atoms with Crippen LogP contribution in [-0.2, 0) is 27.4 Å². The Kier molecular flexibility index (Phi) is 10.6. The summed E-state index contributed by atoms with van der Waals surface area (Å²) < 4.78 is 23.6. The van der Waals surface area contributed by atoms with E-state index in [9.17, 15) is 9.18 Å². The molecule has 27 heavy (non-hydrogen) atoms. The fraction of sp³-hybridized carbons (Fsp3) is 0.579.